The molecule has 12 heteroatoms. The number of phenols is 1. The van der Waals surface area contributed by atoms with Crippen LogP contribution in [0.15, 0.2) is 24.5 Å². The Kier molecular flexibility index (Phi) is 7.16. The van der Waals surface area contributed by atoms with E-state index in [-0.39, 0.29) is 41.2 Å². The topological polar surface area (TPSA) is 96.7 Å². The van der Waals surface area contributed by atoms with Gasteiger partial charge in [0, 0.05) is 55.9 Å². The first-order valence-corrected chi connectivity index (χ1v) is 15.9. The zero-order chi connectivity index (χ0) is 30.7. The molecule has 0 aliphatic carbocycles. The second kappa shape index (κ2) is 11.2. The van der Waals surface area contributed by atoms with E-state index < -0.39 is 23.3 Å². The molecule has 5 aliphatic heterocycles. The number of phenolic OH excluding ortho intramolecular Hbond substituents is 1. The van der Waals surface area contributed by atoms with E-state index in [0.29, 0.717) is 73.2 Å². The molecule has 3 atom stereocenters. The number of hydrogen-bond acceptors (Lipinski definition) is 9. The van der Waals surface area contributed by atoms with Gasteiger partial charge in [-0.1, -0.05) is 0 Å². The summed E-state index contributed by atoms with van der Waals surface area (Å²) < 4.78 is 59.2. The summed E-state index contributed by atoms with van der Waals surface area (Å²) >= 11 is 0. The van der Waals surface area contributed by atoms with Crippen molar-refractivity contribution >= 4 is 27.6 Å². The number of aromatic nitrogens is 4. The number of rotatable bonds is 3. The number of halogens is 3. The molecule has 8 heterocycles. The molecule has 236 valence electrons. The van der Waals surface area contributed by atoms with Crippen LogP contribution in [0.3, 0.4) is 0 Å². The third-order valence-electron chi connectivity index (χ3n) is 9.99. The summed E-state index contributed by atoms with van der Waals surface area (Å²) in [5.74, 6) is -0.880. The maximum Gasteiger partial charge on any atom is 0.319 e. The van der Waals surface area contributed by atoms with E-state index in [4.69, 9.17) is 14.5 Å². The lowest BCUT2D eigenvalue weighted by atomic mass is 9.95. The minimum atomic E-state index is -0.911. The molecule has 9 rings (SSSR count). The van der Waals surface area contributed by atoms with Crippen molar-refractivity contribution in [1.82, 2.24) is 24.8 Å². The Bertz CT molecular complexity index is 1790. The minimum absolute atomic E-state index is 0.00885. The lowest BCUT2D eigenvalue weighted by Gasteiger charge is -2.31. The van der Waals surface area contributed by atoms with Crippen molar-refractivity contribution in [2.24, 2.45) is 0 Å². The number of nitrogens with zero attached hydrogens (tertiary/aromatic N) is 6. The number of fused-ring (bicyclic) bond motifs is 5. The quantitative estimate of drug-likeness (QED) is 0.319. The van der Waals surface area contributed by atoms with Crippen LogP contribution >= 0.6 is 0 Å². The minimum Gasteiger partial charge on any atom is -0.508 e. The molecule has 0 saturated carbocycles. The van der Waals surface area contributed by atoms with Gasteiger partial charge in [0.2, 0.25) is 0 Å². The highest BCUT2D eigenvalue weighted by Crippen LogP contribution is 2.42. The van der Waals surface area contributed by atoms with E-state index >= 15 is 8.78 Å². The highest BCUT2D eigenvalue weighted by Gasteiger charge is 2.49. The van der Waals surface area contributed by atoms with Gasteiger partial charge in [0.1, 0.15) is 41.4 Å². The summed E-state index contributed by atoms with van der Waals surface area (Å²) in [4.78, 5) is 22.4. The molecule has 6 bridgehead atoms. The van der Waals surface area contributed by atoms with Crippen LogP contribution < -0.4 is 9.64 Å². The Morgan fingerprint density at radius 1 is 1.04 bits per heavy atom. The van der Waals surface area contributed by atoms with E-state index in [1.807, 2.05) is 0 Å². The van der Waals surface area contributed by atoms with E-state index in [9.17, 15) is 9.50 Å². The first-order chi connectivity index (χ1) is 21.9. The van der Waals surface area contributed by atoms with E-state index in [0.717, 1.165) is 44.8 Å². The number of ether oxygens (including phenoxy) is 2. The Balaban J connectivity index is 1.31. The molecular formula is C33H35F3N6O3. The zero-order valence-electron chi connectivity index (χ0n) is 24.9. The molecule has 9 nitrogen and oxygen atoms in total. The van der Waals surface area contributed by atoms with Gasteiger partial charge in [0.05, 0.1) is 28.7 Å². The standard InChI is InChI=1S/C33H35F3N6O3/c34-19-13-33(7-4-9-42(33)16-19)18-45-32-39-30-24-14-38-29(28(30)36)23-11-20(43)12-26-27(23)22(25(35)15-37-26)6-3-10-44-21-5-1-2-8-41(17-21)31(24)40-32/h11-12,14-15,19,21,43H,1-10,13,16-18H2/t19-,21-,33?/m1/s1. The molecule has 45 heavy (non-hydrogen) atoms. The van der Waals surface area contributed by atoms with Gasteiger partial charge in [-0.25, -0.2) is 13.2 Å². The number of benzene rings is 1. The largest absolute Gasteiger partial charge is 0.508 e. The van der Waals surface area contributed by atoms with Crippen molar-refractivity contribution in [3.8, 4) is 23.0 Å². The molecule has 4 aromatic rings. The van der Waals surface area contributed by atoms with Crippen molar-refractivity contribution in [2.75, 3.05) is 44.3 Å². The van der Waals surface area contributed by atoms with Crippen LogP contribution in [0.5, 0.6) is 11.8 Å². The molecule has 1 unspecified atom stereocenters. The third kappa shape index (κ3) is 5.02. The normalized spacial score (nSPS) is 25.4. The highest BCUT2D eigenvalue weighted by atomic mass is 19.1. The van der Waals surface area contributed by atoms with Crippen LogP contribution in [0.4, 0.5) is 19.0 Å². The van der Waals surface area contributed by atoms with Crippen LogP contribution in [0, 0.1) is 11.6 Å². The van der Waals surface area contributed by atoms with E-state index in [1.54, 1.807) is 0 Å². The van der Waals surface area contributed by atoms with Crippen LogP contribution in [-0.4, -0.2) is 87.1 Å². The number of aryl methyl sites for hydroxylation is 1. The molecule has 0 spiro atoms. The average molecular weight is 621 g/mol. The van der Waals surface area contributed by atoms with Crippen molar-refractivity contribution in [2.45, 2.75) is 69.2 Å². The molecule has 3 saturated heterocycles. The lowest BCUT2D eigenvalue weighted by Crippen LogP contribution is -2.43. The van der Waals surface area contributed by atoms with Gasteiger partial charge in [0.15, 0.2) is 5.82 Å². The second-order valence-electron chi connectivity index (χ2n) is 12.9. The summed E-state index contributed by atoms with van der Waals surface area (Å²) in [7, 11) is 0. The van der Waals surface area contributed by atoms with Gasteiger partial charge < -0.3 is 19.5 Å². The molecule has 1 aromatic carbocycles. The fourth-order valence-electron chi connectivity index (χ4n) is 7.88. The number of pyridine rings is 2. The van der Waals surface area contributed by atoms with Crippen molar-refractivity contribution in [1.29, 1.82) is 0 Å². The third-order valence-corrected chi connectivity index (χ3v) is 9.99. The molecule has 0 amide bonds. The first kappa shape index (κ1) is 28.7. The van der Waals surface area contributed by atoms with Crippen molar-refractivity contribution < 1.29 is 27.8 Å². The van der Waals surface area contributed by atoms with Crippen LogP contribution in [0.2, 0.25) is 0 Å². The molecule has 5 aliphatic rings. The molecular weight excluding hydrogens is 585 g/mol. The van der Waals surface area contributed by atoms with Crippen LogP contribution in [0.1, 0.15) is 50.5 Å². The molecule has 3 aromatic heterocycles. The molecule has 0 radical (unpaired) electrons. The van der Waals surface area contributed by atoms with Crippen molar-refractivity contribution in [3.63, 3.8) is 0 Å². The maximum atomic E-state index is 16.8. The summed E-state index contributed by atoms with van der Waals surface area (Å²) in [5, 5.41) is 11.4. The smallest absolute Gasteiger partial charge is 0.319 e. The lowest BCUT2D eigenvalue weighted by molar-refractivity contribution is 0.0526. The fourth-order valence-corrected chi connectivity index (χ4v) is 7.88. The summed E-state index contributed by atoms with van der Waals surface area (Å²) in [6.45, 7) is 3.06. The van der Waals surface area contributed by atoms with E-state index in [1.165, 1.54) is 18.3 Å². The predicted molar refractivity (Wildman–Crippen MR) is 162 cm³/mol. The van der Waals surface area contributed by atoms with Gasteiger partial charge in [-0.2, -0.15) is 9.97 Å². The predicted octanol–water partition coefficient (Wildman–Crippen LogP) is 5.50. The zero-order valence-corrected chi connectivity index (χ0v) is 24.9. The second-order valence-corrected chi connectivity index (χ2v) is 12.9. The first-order valence-electron chi connectivity index (χ1n) is 15.9. The van der Waals surface area contributed by atoms with Gasteiger partial charge in [-0.05, 0) is 63.1 Å². The molecule has 3 fully saturated rings. The Morgan fingerprint density at radius 2 is 1.96 bits per heavy atom. The number of aromatic hydroxyl groups is 1. The number of alkyl halides is 1. The maximum absolute atomic E-state index is 16.8. The average Bonchev–Trinajstić information content (AvgIpc) is 3.44. The summed E-state index contributed by atoms with van der Waals surface area (Å²) in [6.07, 6.45) is 7.45. The van der Waals surface area contributed by atoms with Crippen LogP contribution in [-0.2, 0) is 11.2 Å². The van der Waals surface area contributed by atoms with Gasteiger partial charge >= 0.3 is 6.01 Å². The Labute approximate surface area is 258 Å². The SMILES string of the molecule is Oc1cc2c3c(c(F)cnc3c1)CCCO[C@@H]1CCCCN(C1)c1nc(OCC34CCCN3C[C@H](F)C4)nc3c(F)c-2ncc13. The number of hydrogen-bond donors (Lipinski definition) is 1. The fraction of sp³-hybridized carbons (Fsp3) is 0.515. The Hall–Kier alpha value is -3.77. The van der Waals surface area contributed by atoms with Crippen LogP contribution in [0.25, 0.3) is 33.1 Å². The summed E-state index contributed by atoms with van der Waals surface area (Å²) in [6, 6.07) is 2.84. The molecule has 1 N–H and O–H groups in total. The summed E-state index contributed by atoms with van der Waals surface area (Å²) in [5.41, 5.74) is 0.430. The number of anilines is 1. The monoisotopic (exact) mass is 620 g/mol. The highest BCUT2D eigenvalue weighted by molar-refractivity contribution is 6.00. The van der Waals surface area contributed by atoms with E-state index in [2.05, 4.69) is 24.8 Å². The van der Waals surface area contributed by atoms with Gasteiger partial charge in [0.25, 0.3) is 0 Å². The van der Waals surface area contributed by atoms with Gasteiger partial charge in [-0.15, -0.1) is 0 Å². The van der Waals surface area contributed by atoms with Crippen molar-refractivity contribution in [3.05, 3.63) is 41.7 Å². The van der Waals surface area contributed by atoms with Gasteiger partial charge in [-0.3, -0.25) is 14.9 Å². The Morgan fingerprint density at radius 3 is 2.87 bits per heavy atom.